The van der Waals surface area contributed by atoms with Crippen LogP contribution in [0.1, 0.15) is 72.6 Å². The van der Waals surface area contributed by atoms with E-state index in [4.69, 9.17) is 0 Å². The molecular formula is C18H36N2. The Morgan fingerprint density at radius 1 is 1.00 bits per heavy atom. The van der Waals surface area contributed by atoms with Gasteiger partial charge in [-0.05, 0) is 71.3 Å². The zero-order valence-corrected chi connectivity index (χ0v) is 14.2. The highest BCUT2D eigenvalue weighted by molar-refractivity contribution is 4.84. The van der Waals surface area contributed by atoms with Gasteiger partial charge in [0.25, 0.3) is 0 Å². The Bertz CT molecular complexity index is 282. The van der Waals surface area contributed by atoms with Gasteiger partial charge in [0.05, 0.1) is 0 Å². The van der Waals surface area contributed by atoms with Crippen LogP contribution in [-0.4, -0.2) is 24.7 Å². The largest absolute Gasteiger partial charge is 0.313 e. The Balaban J connectivity index is 1.64. The summed E-state index contributed by atoms with van der Waals surface area (Å²) in [7, 11) is 0. The van der Waals surface area contributed by atoms with Crippen molar-refractivity contribution in [2.75, 3.05) is 13.1 Å². The van der Waals surface area contributed by atoms with Crippen molar-refractivity contribution < 1.29 is 0 Å². The molecule has 0 aliphatic heterocycles. The molecule has 2 saturated carbocycles. The minimum absolute atomic E-state index is 0.232. The number of rotatable bonds is 5. The van der Waals surface area contributed by atoms with Crippen LogP contribution >= 0.6 is 0 Å². The van der Waals surface area contributed by atoms with E-state index in [-0.39, 0.29) is 5.54 Å². The molecule has 118 valence electrons. The second kappa shape index (κ2) is 7.26. The molecule has 0 saturated heterocycles. The van der Waals surface area contributed by atoms with Gasteiger partial charge in [-0.15, -0.1) is 0 Å². The standard InChI is InChI=1S/C18H36N2/c1-14(12-20-18(2,3)4)19-13-15-9-10-16-7-5-6-8-17(16)11-15/h14-17,19-20H,5-13H2,1-4H3. The molecule has 4 atom stereocenters. The Hall–Kier alpha value is -0.0800. The molecule has 0 aromatic carbocycles. The smallest absolute Gasteiger partial charge is 0.0164 e. The number of hydrogen-bond donors (Lipinski definition) is 2. The highest BCUT2D eigenvalue weighted by atomic mass is 15.0. The van der Waals surface area contributed by atoms with E-state index >= 15 is 0 Å². The first-order chi connectivity index (χ1) is 9.44. The molecule has 2 nitrogen and oxygen atoms in total. The van der Waals surface area contributed by atoms with E-state index in [1.54, 1.807) is 0 Å². The van der Waals surface area contributed by atoms with Crippen LogP contribution in [0.25, 0.3) is 0 Å². The summed E-state index contributed by atoms with van der Waals surface area (Å²) >= 11 is 0. The molecule has 20 heavy (non-hydrogen) atoms. The van der Waals surface area contributed by atoms with Gasteiger partial charge in [0.1, 0.15) is 0 Å². The molecule has 2 N–H and O–H groups in total. The number of hydrogen-bond acceptors (Lipinski definition) is 2. The lowest BCUT2D eigenvalue weighted by molar-refractivity contribution is 0.127. The van der Waals surface area contributed by atoms with Gasteiger partial charge >= 0.3 is 0 Å². The minimum atomic E-state index is 0.232. The van der Waals surface area contributed by atoms with Crippen molar-refractivity contribution in [1.82, 2.24) is 10.6 Å². The van der Waals surface area contributed by atoms with Crippen molar-refractivity contribution in [2.45, 2.75) is 84.2 Å². The van der Waals surface area contributed by atoms with Crippen LogP contribution < -0.4 is 10.6 Å². The fraction of sp³-hybridized carbons (Fsp3) is 1.00. The SMILES string of the molecule is CC(CNC(C)(C)C)NCC1CCC2CCCCC2C1. The van der Waals surface area contributed by atoms with Gasteiger partial charge in [-0.1, -0.05) is 25.7 Å². The third-order valence-corrected chi connectivity index (χ3v) is 5.34. The summed E-state index contributed by atoms with van der Waals surface area (Å²) in [5, 5.41) is 7.35. The highest BCUT2D eigenvalue weighted by Crippen LogP contribution is 2.42. The molecule has 0 aromatic heterocycles. The molecule has 0 bridgehead atoms. The predicted molar refractivity (Wildman–Crippen MR) is 88.0 cm³/mol. The van der Waals surface area contributed by atoms with E-state index in [0.29, 0.717) is 6.04 Å². The van der Waals surface area contributed by atoms with E-state index in [1.165, 1.54) is 51.5 Å². The molecule has 2 aliphatic rings. The van der Waals surface area contributed by atoms with E-state index in [0.717, 1.165) is 24.3 Å². The predicted octanol–water partition coefficient (Wildman–Crippen LogP) is 3.96. The quantitative estimate of drug-likeness (QED) is 0.796. The molecule has 2 aliphatic carbocycles. The molecule has 2 fully saturated rings. The van der Waals surface area contributed by atoms with E-state index in [9.17, 15) is 0 Å². The molecule has 0 radical (unpaired) electrons. The lowest BCUT2D eigenvalue weighted by atomic mass is 9.67. The average Bonchev–Trinajstić information content (AvgIpc) is 2.42. The summed E-state index contributed by atoms with van der Waals surface area (Å²) in [6, 6.07) is 0.582. The van der Waals surface area contributed by atoms with Crippen LogP contribution in [0.15, 0.2) is 0 Å². The third kappa shape index (κ3) is 5.37. The van der Waals surface area contributed by atoms with Crippen molar-refractivity contribution >= 4 is 0 Å². The summed E-state index contributed by atoms with van der Waals surface area (Å²) in [4.78, 5) is 0. The minimum Gasteiger partial charge on any atom is -0.313 e. The Morgan fingerprint density at radius 2 is 1.70 bits per heavy atom. The van der Waals surface area contributed by atoms with Crippen LogP contribution in [0.4, 0.5) is 0 Å². The summed E-state index contributed by atoms with van der Waals surface area (Å²) < 4.78 is 0. The zero-order chi connectivity index (χ0) is 14.6. The second-order valence-electron chi connectivity index (χ2n) is 8.42. The van der Waals surface area contributed by atoms with Crippen LogP contribution in [0.5, 0.6) is 0 Å². The molecular weight excluding hydrogens is 244 g/mol. The zero-order valence-electron chi connectivity index (χ0n) is 14.2. The number of nitrogens with one attached hydrogen (secondary N) is 2. The third-order valence-electron chi connectivity index (χ3n) is 5.34. The van der Waals surface area contributed by atoms with Gasteiger partial charge in [-0.25, -0.2) is 0 Å². The van der Waals surface area contributed by atoms with Gasteiger partial charge in [0.2, 0.25) is 0 Å². The molecule has 0 heterocycles. The molecule has 2 rings (SSSR count). The fourth-order valence-corrected chi connectivity index (χ4v) is 4.06. The normalized spacial score (nSPS) is 32.7. The average molecular weight is 280 g/mol. The Morgan fingerprint density at radius 3 is 2.40 bits per heavy atom. The molecule has 0 amide bonds. The van der Waals surface area contributed by atoms with Crippen molar-refractivity contribution in [2.24, 2.45) is 17.8 Å². The highest BCUT2D eigenvalue weighted by Gasteiger charge is 2.31. The summed E-state index contributed by atoms with van der Waals surface area (Å²) in [6.45, 7) is 11.3. The van der Waals surface area contributed by atoms with Gasteiger partial charge in [0, 0.05) is 18.1 Å². The summed E-state index contributed by atoms with van der Waals surface area (Å²) in [6.07, 6.45) is 10.5. The first-order valence-corrected chi connectivity index (χ1v) is 8.92. The van der Waals surface area contributed by atoms with Gasteiger partial charge in [-0.3, -0.25) is 0 Å². The number of fused-ring (bicyclic) bond motifs is 1. The maximum Gasteiger partial charge on any atom is 0.0164 e. The fourth-order valence-electron chi connectivity index (χ4n) is 4.06. The first-order valence-electron chi connectivity index (χ1n) is 8.92. The Labute approximate surface area is 126 Å². The van der Waals surface area contributed by atoms with Gasteiger partial charge in [0.15, 0.2) is 0 Å². The molecule has 4 unspecified atom stereocenters. The van der Waals surface area contributed by atoms with E-state index in [2.05, 4.69) is 38.3 Å². The lowest BCUT2D eigenvalue weighted by Gasteiger charge is -2.39. The van der Waals surface area contributed by atoms with E-state index in [1.807, 2.05) is 0 Å². The van der Waals surface area contributed by atoms with Gasteiger partial charge in [-0.2, -0.15) is 0 Å². The lowest BCUT2D eigenvalue weighted by Crippen LogP contribution is -2.46. The molecule has 2 heteroatoms. The van der Waals surface area contributed by atoms with Crippen LogP contribution in [0, 0.1) is 17.8 Å². The van der Waals surface area contributed by atoms with E-state index < -0.39 is 0 Å². The van der Waals surface area contributed by atoms with Crippen LogP contribution in [0.2, 0.25) is 0 Å². The van der Waals surface area contributed by atoms with Crippen LogP contribution in [-0.2, 0) is 0 Å². The maximum absolute atomic E-state index is 3.76. The van der Waals surface area contributed by atoms with Crippen molar-refractivity contribution in [3.05, 3.63) is 0 Å². The van der Waals surface area contributed by atoms with Gasteiger partial charge < -0.3 is 10.6 Å². The van der Waals surface area contributed by atoms with Crippen LogP contribution in [0.3, 0.4) is 0 Å². The van der Waals surface area contributed by atoms with Crippen molar-refractivity contribution in [3.8, 4) is 0 Å². The Kier molecular flexibility index (Phi) is 5.92. The first kappa shape index (κ1) is 16.3. The molecule has 0 aromatic rings. The second-order valence-corrected chi connectivity index (χ2v) is 8.42. The molecule has 0 spiro atoms. The topological polar surface area (TPSA) is 24.1 Å². The summed E-state index contributed by atoms with van der Waals surface area (Å²) in [5.74, 6) is 3.08. The van der Waals surface area contributed by atoms with Crippen molar-refractivity contribution in [1.29, 1.82) is 0 Å². The monoisotopic (exact) mass is 280 g/mol. The summed E-state index contributed by atoms with van der Waals surface area (Å²) in [5.41, 5.74) is 0.232. The maximum atomic E-state index is 3.76. The van der Waals surface area contributed by atoms with Crippen molar-refractivity contribution in [3.63, 3.8) is 0 Å².